The number of para-hydroxylation sites is 2. The van der Waals surface area contributed by atoms with E-state index in [1.165, 1.54) is 0 Å². The van der Waals surface area contributed by atoms with Crippen molar-refractivity contribution in [2.45, 2.75) is 0 Å². The first-order valence-corrected chi connectivity index (χ1v) is 6.75. The number of hydrogen-bond donors (Lipinski definition) is 1. The molecule has 0 spiro atoms. The highest BCUT2D eigenvalue weighted by Gasteiger charge is 2.30. The monoisotopic (exact) mass is 389 g/mol. The lowest BCUT2D eigenvalue weighted by molar-refractivity contribution is -0.910. The standard InChI is InChI=1S/C14H20N3O2.HI/c1-17(10-11-18)8-6-16(7-9-17)14-15-12-4-2-3-5-13(12)19-14;/h2-5,18H,6-11H2,1H3;1H/q+1;/p-1. The molecule has 1 fully saturated rings. The number of hydrogen-bond acceptors (Lipinski definition) is 4. The number of aromatic nitrogens is 1. The third kappa shape index (κ3) is 3.07. The van der Waals surface area contributed by atoms with E-state index >= 15 is 0 Å². The van der Waals surface area contributed by atoms with Crippen LogP contribution >= 0.6 is 0 Å². The SMILES string of the molecule is C[N+]1(CCO)CCN(c2nc3ccccc3o2)CC1.[I-]. The van der Waals surface area contributed by atoms with Crippen LogP contribution in [0.5, 0.6) is 0 Å². The highest BCUT2D eigenvalue weighted by Crippen LogP contribution is 2.23. The number of oxazole rings is 1. The summed E-state index contributed by atoms with van der Waals surface area (Å²) >= 11 is 0. The van der Waals surface area contributed by atoms with E-state index in [0.29, 0.717) is 0 Å². The number of aliphatic hydroxyl groups excluding tert-OH is 1. The first-order chi connectivity index (χ1) is 9.20. The molecule has 0 atom stereocenters. The van der Waals surface area contributed by atoms with Gasteiger partial charge in [0.05, 0.1) is 39.8 Å². The van der Waals surface area contributed by atoms with Crippen molar-refractivity contribution in [3.8, 4) is 0 Å². The van der Waals surface area contributed by atoms with E-state index in [0.717, 1.165) is 54.3 Å². The summed E-state index contributed by atoms with van der Waals surface area (Å²) in [6.07, 6.45) is 0. The van der Waals surface area contributed by atoms with E-state index in [9.17, 15) is 0 Å². The van der Waals surface area contributed by atoms with Crippen LogP contribution in [0.15, 0.2) is 28.7 Å². The number of aliphatic hydroxyl groups is 1. The Morgan fingerprint density at radius 1 is 1.30 bits per heavy atom. The molecule has 1 aromatic heterocycles. The van der Waals surface area contributed by atoms with E-state index < -0.39 is 0 Å². The molecule has 0 saturated carbocycles. The maximum Gasteiger partial charge on any atom is 0.298 e. The Morgan fingerprint density at radius 3 is 2.65 bits per heavy atom. The molecule has 1 aromatic carbocycles. The molecule has 2 aromatic rings. The Balaban J connectivity index is 0.00000147. The minimum atomic E-state index is 0. The zero-order chi connectivity index (χ0) is 13.3. The fraction of sp³-hybridized carbons (Fsp3) is 0.500. The Bertz CT molecular complexity index is 531. The Labute approximate surface area is 135 Å². The van der Waals surface area contributed by atoms with Crippen LogP contribution < -0.4 is 28.9 Å². The molecular formula is C14H20IN3O2. The molecule has 2 heterocycles. The Morgan fingerprint density at radius 2 is 2.00 bits per heavy atom. The number of benzene rings is 1. The molecule has 110 valence electrons. The van der Waals surface area contributed by atoms with Crippen molar-refractivity contribution in [3.63, 3.8) is 0 Å². The molecule has 0 unspecified atom stereocenters. The quantitative estimate of drug-likeness (QED) is 0.492. The second-order valence-corrected chi connectivity index (χ2v) is 5.47. The van der Waals surface area contributed by atoms with Crippen LogP contribution in [0.3, 0.4) is 0 Å². The zero-order valence-corrected chi connectivity index (χ0v) is 13.8. The first-order valence-electron chi connectivity index (χ1n) is 6.75. The summed E-state index contributed by atoms with van der Waals surface area (Å²) < 4.78 is 6.72. The molecule has 0 aliphatic carbocycles. The van der Waals surface area contributed by atoms with E-state index in [1.807, 2.05) is 24.3 Å². The van der Waals surface area contributed by atoms with Crippen LogP contribution in [0.2, 0.25) is 0 Å². The molecule has 0 radical (unpaired) electrons. The van der Waals surface area contributed by atoms with Crippen molar-refractivity contribution >= 4 is 17.1 Å². The second kappa shape index (κ2) is 6.28. The van der Waals surface area contributed by atoms with Crippen molar-refractivity contribution in [3.05, 3.63) is 24.3 Å². The number of nitrogens with zero attached hydrogens (tertiary/aromatic N) is 3. The normalized spacial score (nSPS) is 18.0. The molecule has 6 heteroatoms. The van der Waals surface area contributed by atoms with Gasteiger partial charge >= 0.3 is 0 Å². The minimum absolute atomic E-state index is 0. The van der Waals surface area contributed by atoms with Gasteiger partial charge in [0.15, 0.2) is 5.58 Å². The second-order valence-electron chi connectivity index (χ2n) is 5.47. The van der Waals surface area contributed by atoms with Crippen molar-refractivity contribution in [1.29, 1.82) is 0 Å². The first kappa shape index (κ1) is 15.5. The van der Waals surface area contributed by atoms with Crippen LogP contribution in [-0.2, 0) is 0 Å². The lowest BCUT2D eigenvalue weighted by Crippen LogP contribution is -3.00. The predicted molar refractivity (Wildman–Crippen MR) is 74.1 cm³/mol. The molecule has 5 nitrogen and oxygen atoms in total. The fourth-order valence-electron chi connectivity index (χ4n) is 2.60. The highest BCUT2D eigenvalue weighted by molar-refractivity contribution is 5.74. The average molecular weight is 389 g/mol. The van der Waals surface area contributed by atoms with Crippen LogP contribution in [0, 0.1) is 0 Å². The number of anilines is 1. The molecule has 20 heavy (non-hydrogen) atoms. The maximum atomic E-state index is 9.10. The molecule has 1 aliphatic heterocycles. The number of halogens is 1. The van der Waals surface area contributed by atoms with Crippen molar-refractivity contribution in [2.24, 2.45) is 0 Å². The summed E-state index contributed by atoms with van der Waals surface area (Å²) in [4.78, 5) is 6.72. The summed E-state index contributed by atoms with van der Waals surface area (Å²) in [5.74, 6) is 0. The van der Waals surface area contributed by atoms with Crippen molar-refractivity contribution < 1.29 is 38.0 Å². The van der Waals surface area contributed by atoms with Crippen LogP contribution in [-0.4, -0.2) is 61.0 Å². The molecule has 1 saturated heterocycles. The van der Waals surface area contributed by atoms with Crippen LogP contribution in [0.4, 0.5) is 6.01 Å². The lowest BCUT2D eigenvalue weighted by Gasteiger charge is -2.41. The molecule has 1 N–H and O–H groups in total. The maximum absolute atomic E-state index is 9.10. The van der Waals surface area contributed by atoms with Crippen molar-refractivity contribution in [2.75, 3.05) is 51.3 Å². The van der Waals surface area contributed by atoms with Crippen molar-refractivity contribution in [1.82, 2.24) is 4.98 Å². The topological polar surface area (TPSA) is 49.5 Å². The third-order valence-electron chi connectivity index (χ3n) is 4.01. The van der Waals surface area contributed by atoms with E-state index in [2.05, 4.69) is 16.9 Å². The van der Waals surface area contributed by atoms with Gasteiger partial charge in [-0.25, -0.2) is 0 Å². The van der Waals surface area contributed by atoms with Gasteiger partial charge in [0, 0.05) is 0 Å². The number of fused-ring (bicyclic) bond motifs is 1. The smallest absolute Gasteiger partial charge is 0.298 e. The summed E-state index contributed by atoms with van der Waals surface area (Å²) in [7, 11) is 2.19. The van der Waals surface area contributed by atoms with Gasteiger partial charge in [-0.05, 0) is 12.1 Å². The van der Waals surface area contributed by atoms with Crippen LogP contribution in [0.25, 0.3) is 11.1 Å². The number of rotatable bonds is 3. The zero-order valence-electron chi connectivity index (χ0n) is 11.6. The lowest BCUT2D eigenvalue weighted by atomic mass is 10.2. The van der Waals surface area contributed by atoms with Gasteiger partial charge in [0.1, 0.15) is 12.1 Å². The predicted octanol–water partition coefficient (Wildman–Crippen LogP) is -1.91. The van der Waals surface area contributed by atoms with Gasteiger partial charge in [0.2, 0.25) is 0 Å². The Hall–Kier alpha value is -0.860. The van der Waals surface area contributed by atoms with Crippen LogP contribution in [0.1, 0.15) is 0 Å². The van der Waals surface area contributed by atoms with Gasteiger partial charge < -0.3 is 42.9 Å². The minimum Gasteiger partial charge on any atom is -1.00 e. The third-order valence-corrected chi connectivity index (χ3v) is 4.01. The summed E-state index contributed by atoms with van der Waals surface area (Å²) in [6.45, 7) is 4.94. The number of quaternary nitrogens is 1. The average Bonchev–Trinajstić information content (AvgIpc) is 2.83. The molecule has 0 bridgehead atoms. The Kier molecular flexibility index (Phi) is 4.87. The number of piperazine rings is 1. The summed E-state index contributed by atoms with van der Waals surface area (Å²) in [6, 6.07) is 8.57. The fourth-order valence-corrected chi connectivity index (χ4v) is 2.60. The van der Waals surface area contributed by atoms with Gasteiger partial charge in [-0.15, -0.1) is 0 Å². The summed E-state index contributed by atoms with van der Waals surface area (Å²) in [5.41, 5.74) is 1.76. The molecule has 3 rings (SSSR count). The molecular weight excluding hydrogens is 369 g/mol. The van der Waals surface area contributed by atoms with Gasteiger partial charge in [-0.1, -0.05) is 12.1 Å². The van der Waals surface area contributed by atoms with Gasteiger partial charge in [0.25, 0.3) is 6.01 Å². The number of likely N-dealkylation sites (N-methyl/N-ethyl adjacent to an activating group) is 1. The van der Waals surface area contributed by atoms with Gasteiger partial charge in [-0.2, -0.15) is 4.98 Å². The highest BCUT2D eigenvalue weighted by atomic mass is 127. The van der Waals surface area contributed by atoms with E-state index in [4.69, 9.17) is 9.52 Å². The van der Waals surface area contributed by atoms with E-state index in [-0.39, 0.29) is 30.6 Å². The van der Waals surface area contributed by atoms with E-state index in [1.54, 1.807) is 0 Å². The molecule has 0 amide bonds. The largest absolute Gasteiger partial charge is 1.00 e. The molecule has 1 aliphatic rings. The summed E-state index contributed by atoms with van der Waals surface area (Å²) in [5, 5.41) is 9.10. The van der Waals surface area contributed by atoms with Gasteiger partial charge in [-0.3, -0.25) is 0 Å².